The number of anilines is 1. The van der Waals surface area contributed by atoms with Gasteiger partial charge >= 0.3 is 0 Å². The Morgan fingerprint density at radius 3 is 2.89 bits per heavy atom. The van der Waals surface area contributed by atoms with Crippen LogP contribution in [-0.2, 0) is 13.1 Å². The smallest absolute Gasteiger partial charge is 0.133 e. The molecule has 0 bridgehead atoms. The van der Waals surface area contributed by atoms with E-state index in [9.17, 15) is 0 Å². The zero-order valence-corrected chi connectivity index (χ0v) is 12.1. The minimum atomic E-state index is 0.757. The Balaban J connectivity index is 2.04. The number of aromatic nitrogens is 2. The summed E-state index contributed by atoms with van der Waals surface area (Å²) in [6, 6.07) is 7.96. The van der Waals surface area contributed by atoms with Gasteiger partial charge in [0.1, 0.15) is 5.75 Å². The second-order valence-corrected chi connectivity index (χ2v) is 4.70. The highest BCUT2D eigenvalue weighted by Gasteiger charge is 2.03. The maximum absolute atomic E-state index is 5.20. The molecule has 0 atom stereocenters. The molecule has 0 amide bonds. The number of methoxy groups -OCH3 is 1. The molecular weight excluding hydrogens is 294 g/mol. The van der Waals surface area contributed by atoms with Crippen molar-refractivity contribution in [2.24, 2.45) is 0 Å². The summed E-state index contributed by atoms with van der Waals surface area (Å²) >= 11 is 3.47. The van der Waals surface area contributed by atoms with Crippen molar-refractivity contribution in [3.63, 3.8) is 0 Å². The van der Waals surface area contributed by atoms with Gasteiger partial charge in [-0.05, 0) is 47.1 Å². The van der Waals surface area contributed by atoms with Gasteiger partial charge in [0.25, 0.3) is 0 Å². The highest BCUT2D eigenvalue weighted by Crippen LogP contribution is 2.27. The van der Waals surface area contributed by atoms with E-state index in [4.69, 9.17) is 4.74 Å². The highest BCUT2D eigenvalue weighted by atomic mass is 79.9. The predicted molar refractivity (Wildman–Crippen MR) is 75.9 cm³/mol. The van der Waals surface area contributed by atoms with E-state index in [0.29, 0.717) is 0 Å². The Morgan fingerprint density at radius 2 is 2.22 bits per heavy atom. The number of aryl methyl sites for hydroxylation is 1. The summed E-state index contributed by atoms with van der Waals surface area (Å²) in [5.41, 5.74) is 2.22. The van der Waals surface area contributed by atoms with Gasteiger partial charge in [0, 0.05) is 18.4 Å². The topological polar surface area (TPSA) is 39.1 Å². The number of hydrogen-bond acceptors (Lipinski definition) is 3. The molecule has 1 aromatic heterocycles. The summed E-state index contributed by atoms with van der Waals surface area (Å²) in [5.74, 6) is 0.833. The van der Waals surface area contributed by atoms with E-state index in [1.54, 1.807) is 7.11 Å². The molecule has 2 rings (SSSR count). The lowest BCUT2D eigenvalue weighted by Crippen LogP contribution is -2.07. The van der Waals surface area contributed by atoms with Crippen molar-refractivity contribution < 1.29 is 4.74 Å². The minimum absolute atomic E-state index is 0.757. The molecule has 0 aliphatic rings. The first-order chi connectivity index (χ1) is 8.74. The van der Waals surface area contributed by atoms with Crippen molar-refractivity contribution in [3.8, 4) is 5.75 Å². The molecule has 1 N–H and O–H groups in total. The van der Waals surface area contributed by atoms with Crippen molar-refractivity contribution in [1.82, 2.24) is 9.78 Å². The Kier molecular flexibility index (Phi) is 4.25. The standard InChI is InChI=1S/C13H16BrN3O/c1-3-17-11(6-7-16-17)9-15-10-4-5-13(18-2)12(14)8-10/h4-8,15H,3,9H2,1-2H3. The van der Waals surface area contributed by atoms with Crippen LogP contribution < -0.4 is 10.1 Å². The van der Waals surface area contributed by atoms with E-state index in [1.807, 2.05) is 35.1 Å². The monoisotopic (exact) mass is 309 g/mol. The number of nitrogens with zero attached hydrogens (tertiary/aromatic N) is 2. The average molecular weight is 310 g/mol. The number of halogens is 1. The molecule has 0 saturated carbocycles. The third kappa shape index (κ3) is 2.85. The molecule has 96 valence electrons. The SMILES string of the molecule is CCn1nccc1CNc1ccc(OC)c(Br)c1. The largest absolute Gasteiger partial charge is 0.496 e. The van der Waals surface area contributed by atoms with Crippen molar-refractivity contribution in [2.75, 3.05) is 12.4 Å². The van der Waals surface area contributed by atoms with Crippen LogP contribution in [0.3, 0.4) is 0 Å². The average Bonchev–Trinajstić information content (AvgIpc) is 2.84. The zero-order valence-electron chi connectivity index (χ0n) is 10.5. The van der Waals surface area contributed by atoms with Gasteiger partial charge in [-0.15, -0.1) is 0 Å². The molecule has 1 aromatic carbocycles. The third-order valence-corrected chi connectivity index (χ3v) is 3.35. The van der Waals surface area contributed by atoms with Gasteiger partial charge in [0.05, 0.1) is 23.8 Å². The van der Waals surface area contributed by atoms with E-state index in [1.165, 1.54) is 5.69 Å². The Morgan fingerprint density at radius 1 is 1.39 bits per heavy atom. The Hall–Kier alpha value is -1.49. The fraction of sp³-hybridized carbons (Fsp3) is 0.308. The van der Waals surface area contributed by atoms with E-state index in [-0.39, 0.29) is 0 Å². The van der Waals surface area contributed by atoms with Crippen LogP contribution in [0.15, 0.2) is 34.9 Å². The Bertz CT molecular complexity index is 525. The molecule has 0 spiro atoms. The van der Waals surface area contributed by atoms with Crippen LogP contribution in [0.25, 0.3) is 0 Å². The molecule has 0 fully saturated rings. The van der Waals surface area contributed by atoms with Crippen molar-refractivity contribution in [1.29, 1.82) is 0 Å². The quantitative estimate of drug-likeness (QED) is 0.921. The number of benzene rings is 1. The molecule has 0 aliphatic heterocycles. The predicted octanol–water partition coefficient (Wildman–Crippen LogP) is 3.29. The van der Waals surface area contributed by atoms with Crippen LogP contribution in [0, 0.1) is 0 Å². The lowest BCUT2D eigenvalue weighted by atomic mass is 10.3. The van der Waals surface area contributed by atoms with Crippen LogP contribution in [-0.4, -0.2) is 16.9 Å². The van der Waals surface area contributed by atoms with E-state index in [2.05, 4.69) is 33.3 Å². The maximum atomic E-state index is 5.20. The third-order valence-electron chi connectivity index (χ3n) is 2.73. The van der Waals surface area contributed by atoms with Crippen LogP contribution >= 0.6 is 15.9 Å². The van der Waals surface area contributed by atoms with Crippen molar-refractivity contribution in [2.45, 2.75) is 20.0 Å². The molecule has 4 nitrogen and oxygen atoms in total. The molecule has 5 heteroatoms. The molecule has 2 aromatic rings. The van der Waals surface area contributed by atoms with Gasteiger partial charge in [-0.2, -0.15) is 5.10 Å². The number of rotatable bonds is 5. The zero-order chi connectivity index (χ0) is 13.0. The summed E-state index contributed by atoms with van der Waals surface area (Å²) in [4.78, 5) is 0. The number of nitrogens with one attached hydrogen (secondary N) is 1. The lowest BCUT2D eigenvalue weighted by Gasteiger charge is -2.10. The van der Waals surface area contributed by atoms with Crippen LogP contribution in [0.4, 0.5) is 5.69 Å². The lowest BCUT2D eigenvalue weighted by molar-refractivity contribution is 0.412. The second kappa shape index (κ2) is 5.91. The first kappa shape index (κ1) is 13.0. The number of ether oxygens (including phenoxy) is 1. The highest BCUT2D eigenvalue weighted by molar-refractivity contribution is 9.10. The first-order valence-corrected chi connectivity index (χ1v) is 6.62. The van der Waals surface area contributed by atoms with Gasteiger partial charge in [0.2, 0.25) is 0 Å². The maximum Gasteiger partial charge on any atom is 0.133 e. The van der Waals surface area contributed by atoms with Crippen LogP contribution in [0.5, 0.6) is 5.75 Å². The molecule has 18 heavy (non-hydrogen) atoms. The summed E-state index contributed by atoms with van der Waals surface area (Å²) in [5, 5.41) is 7.61. The van der Waals surface area contributed by atoms with E-state index < -0.39 is 0 Å². The van der Waals surface area contributed by atoms with Crippen molar-refractivity contribution in [3.05, 3.63) is 40.6 Å². The van der Waals surface area contributed by atoms with Crippen LogP contribution in [0.1, 0.15) is 12.6 Å². The van der Waals surface area contributed by atoms with Crippen molar-refractivity contribution >= 4 is 21.6 Å². The summed E-state index contributed by atoms with van der Waals surface area (Å²) < 4.78 is 8.12. The fourth-order valence-corrected chi connectivity index (χ4v) is 2.30. The van der Waals surface area contributed by atoms with Gasteiger partial charge in [0.15, 0.2) is 0 Å². The second-order valence-electron chi connectivity index (χ2n) is 3.84. The summed E-state index contributed by atoms with van der Waals surface area (Å²) in [7, 11) is 1.66. The first-order valence-electron chi connectivity index (χ1n) is 5.82. The molecule has 0 radical (unpaired) electrons. The van der Waals surface area contributed by atoms with Gasteiger partial charge in [-0.1, -0.05) is 0 Å². The summed E-state index contributed by atoms with van der Waals surface area (Å²) in [6.07, 6.45) is 1.82. The molecule has 1 heterocycles. The minimum Gasteiger partial charge on any atom is -0.496 e. The van der Waals surface area contributed by atoms with Gasteiger partial charge < -0.3 is 10.1 Å². The van der Waals surface area contributed by atoms with E-state index >= 15 is 0 Å². The number of hydrogen-bond donors (Lipinski definition) is 1. The molecule has 0 saturated heterocycles. The van der Waals surface area contributed by atoms with E-state index in [0.717, 1.165) is 29.0 Å². The molecule has 0 unspecified atom stereocenters. The normalized spacial score (nSPS) is 10.4. The fourth-order valence-electron chi connectivity index (χ4n) is 1.76. The van der Waals surface area contributed by atoms with Gasteiger partial charge in [-0.3, -0.25) is 4.68 Å². The molecule has 0 aliphatic carbocycles. The Labute approximate surface area is 115 Å². The van der Waals surface area contributed by atoms with Gasteiger partial charge in [-0.25, -0.2) is 0 Å². The van der Waals surface area contributed by atoms with Crippen LogP contribution in [0.2, 0.25) is 0 Å². The summed E-state index contributed by atoms with van der Waals surface area (Å²) in [6.45, 7) is 3.73. The molecular formula is C13H16BrN3O.